The van der Waals surface area contributed by atoms with Gasteiger partial charge in [0.05, 0.1) is 0 Å². The van der Waals surface area contributed by atoms with Crippen molar-refractivity contribution in [3.8, 4) is 0 Å². The largest absolute Gasteiger partial charge is 0.223 e. The van der Waals surface area contributed by atoms with Crippen LogP contribution in [0.3, 0.4) is 0 Å². The van der Waals surface area contributed by atoms with Crippen LogP contribution in [0.2, 0.25) is 0 Å². The predicted molar refractivity (Wildman–Crippen MR) is 109 cm³/mol. The number of rotatable bonds is 15. The fourth-order valence-electron chi connectivity index (χ4n) is 2.61. The van der Waals surface area contributed by atoms with Crippen molar-refractivity contribution < 1.29 is 0 Å². The molecule has 0 saturated heterocycles. The minimum Gasteiger partial charge on any atom is -0.0969 e. The van der Waals surface area contributed by atoms with Gasteiger partial charge in [0.1, 0.15) is 0 Å². The summed E-state index contributed by atoms with van der Waals surface area (Å²) in [4.78, 5) is 0. The number of unbranched alkanes of at least 4 members (excludes halogenated alkanes) is 13. The van der Waals surface area contributed by atoms with Crippen molar-refractivity contribution in [1.82, 2.24) is 0 Å². The van der Waals surface area contributed by atoms with E-state index in [1.165, 1.54) is 70.6 Å². The van der Waals surface area contributed by atoms with Gasteiger partial charge in [-0.05, 0) is 6.42 Å². The van der Waals surface area contributed by atoms with Gasteiger partial charge in [-0.2, -0.15) is 0 Å². The zero-order valence-electron chi connectivity index (χ0n) is 14.2. The van der Waals surface area contributed by atoms with E-state index in [0.29, 0.717) is 6.42 Å². The van der Waals surface area contributed by atoms with Crippen molar-refractivity contribution in [2.45, 2.75) is 104 Å². The Labute approximate surface area is 168 Å². The molecule has 0 aromatic carbocycles. The monoisotopic (exact) mass is 423 g/mol. The van der Waals surface area contributed by atoms with E-state index in [9.17, 15) is 0 Å². The molecule has 0 aromatic rings. The Morgan fingerprint density at radius 1 is 0.478 bits per heavy atom. The van der Waals surface area contributed by atoms with Gasteiger partial charge < -0.3 is 0 Å². The summed E-state index contributed by atoms with van der Waals surface area (Å²) in [6.07, 6.45) is 18.3. The smallest absolute Gasteiger partial charge is 0.0969 e. The molecule has 0 N–H and O–H groups in total. The van der Waals surface area contributed by atoms with E-state index in [1.807, 2.05) is 0 Å². The third-order valence-electron chi connectivity index (χ3n) is 4.16. The van der Waals surface area contributed by atoms with Crippen LogP contribution in [0.5, 0.6) is 0 Å². The lowest BCUT2D eigenvalue weighted by atomic mass is 10.0. The quantitative estimate of drug-likeness (QED) is 0.181. The first-order valence-corrected chi connectivity index (χ1v) is 10.9. The summed E-state index contributed by atoms with van der Waals surface area (Å²) in [6, 6.07) is 0. The third-order valence-corrected chi connectivity index (χ3v) is 6.65. The SMILES string of the molecule is [CH2]CCCCCCCCCCCCCCCC(Cl)(Cl)C(Cl)(Cl)Cl. The minimum absolute atomic E-state index is 0.515. The van der Waals surface area contributed by atoms with Crippen LogP contribution in [0.4, 0.5) is 0 Å². The molecule has 0 rings (SSSR count). The third kappa shape index (κ3) is 14.3. The molecule has 0 aliphatic heterocycles. The average Bonchev–Trinajstić information content (AvgIpc) is 2.46. The van der Waals surface area contributed by atoms with E-state index in [0.717, 1.165) is 19.3 Å². The molecule has 0 atom stereocenters. The Morgan fingerprint density at radius 3 is 1.09 bits per heavy atom. The van der Waals surface area contributed by atoms with Crippen molar-refractivity contribution >= 4 is 58.0 Å². The first kappa shape index (κ1) is 24.5. The first-order valence-electron chi connectivity index (χ1n) is 9.05. The second-order valence-corrected chi connectivity index (χ2v) is 10.2. The molecule has 0 amide bonds. The van der Waals surface area contributed by atoms with Crippen LogP contribution in [0.1, 0.15) is 96.3 Å². The molecular formula is C18H32Cl5. The van der Waals surface area contributed by atoms with Crippen LogP contribution in [-0.4, -0.2) is 8.13 Å². The van der Waals surface area contributed by atoms with E-state index < -0.39 is 8.13 Å². The van der Waals surface area contributed by atoms with Gasteiger partial charge in [-0.3, -0.25) is 0 Å². The van der Waals surface area contributed by atoms with Crippen LogP contribution in [0.25, 0.3) is 0 Å². The minimum atomic E-state index is -1.62. The van der Waals surface area contributed by atoms with Crippen LogP contribution >= 0.6 is 58.0 Å². The van der Waals surface area contributed by atoms with Gasteiger partial charge in [0.15, 0.2) is 4.33 Å². The molecule has 0 bridgehead atoms. The molecule has 0 aliphatic rings. The Hall–Kier alpha value is 1.45. The first-order chi connectivity index (χ1) is 10.8. The van der Waals surface area contributed by atoms with Gasteiger partial charge in [0.2, 0.25) is 3.79 Å². The summed E-state index contributed by atoms with van der Waals surface area (Å²) < 4.78 is -2.91. The maximum atomic E-state index is 6.03. The Balaban J connectivity index is 3.25. The maximum Gasteiger partial charge on any atom is 0.223 e. The topological polar surface area (TPSA) is 0 Å². The predicted octanol–water partition coefficient (Wildman–Crippen LogP) is 9.22. The second-order valence-electron chi connectivity index (χ2n) is 6.40. The van der Waals surface area contributed by atoms with Crippen LogP contribution in [0.15, 0.2) is 0 Å². The van der Waals surface area contributed by atoms with Gasteiger partial charge in [-0.25, -0.2) is 0 Å². The Kier molecular flexibility index (Phi) is 15.5. The molecule has 0 saturated carbocycles. The standard InChI is InChI=1S/C18H32Cl5/c1-2-3-4-5-6-7-8-9-10-11-12-13-14-15-16-17(19,20)18(21,22)23/h1-16H2. The summed E-state index contributed by atoms with van der Waals surface area (Å²) in [6.45, 7) is 3.87. The van der Waals surface area contributed by atoms with Crippen LogP contribution in [0, 0.1) is 6.92 Å². The lowest BCUT2D eigenvalue weighted by Gasteiger charge is -2.27. The average molecular weight is 426 g/mol. The Morgan fingerprint density at radius 2 is 0.783 bits per heavy atom. The zero-order valence-corrected chi connectivity index (χ0v) is 18.0. The Bertz CT molecular complexity index is 261. The molecule has 139 valence electrons. The normalized spacial score (nSPS) is 12.8. The fraction of sp³-hybridized carbons (Fsp3) is 0.944. The van der Waals surface area contributed by atoms with Crippen LogP contribution < -0.4 is 0 Å². The van der Waals surface area contributed by atoms with Gasteiger partial charge in [-0.15, -0.1) is 0 Å². The molecule has 0 spiro atoms. The van der Waals surface area contributed by atoms with Crippen molar-refractivity contribution in [2.75, 3.05) is 0 Å². The molecular weight excluding hydrogens is 393 g/mol. The highest BCUT2D eigenvalue weighted by Gasteiger charge is 2.44. The lowest BCUT2D eigenvalue weighted by Crippen LogP contribution is -2.30. The van der Waals surface area contributed by atoms with Crippen molar-refractivity contribution in [3.05, 3.63) is 6.92 Å². The van der Waals surface area contributed by atoms with Crippen molar-refractivity contribution in [1.29, 1.82) is 0 Å². The van der Waals surface area contributed by atoms with E-state index in [1.54, 1.807) is 0 Å². The number of hydrogen-bond acceptors (Lipinski definition) is 0. The van der Waals surface area contributed by atoms with E-state index in [2.05, 4.69) is 6.92 Å². The molecule has 5 heteroatoms. The summed E-state index contributed by atoms with van der Waals surface area (Å²) in [7, 11) is 0. The van der Waals surface area contributed by atoms with Crippen molar-refractivity contribution in [2.24, 2.45) is 0 Å². The highest BCUT2D eigenvalue weighted by molar-refractivity contribution is 6.75. The van der Waals surface area contributed by atoms with Crippen LogP contribution in [-0.2, 0) is 0 Å². The van der Waals surface area contributed by atoms with E-state index in [-0.39, 0.29) is 0 Å². The fourth-order valence-corrected chi connectivity index (χ4v) is 3.16. The van der Waals surface area contributed by atoms with Gasteiger partial charge >= 0.3 is 0 Å². The van der Waals surface area contributed by atoms with Gasteiger partial charge in [0, 0.05) is 0 Å². The number of halogens is 5. The summed E-state index contributed by atoms with van der Waals surface area (Å²) in [5, 5.41) is 0. The van der Waals surface area contributed by atoms with Crippen molar-refractivity contribution in [3.63, 3.8) is 0 Å². The molecule has 0 aliphatic carbocycles. The second kappa shape index (κ2) is 14.6. The summed E-state index contributed by atoms with van der Waals surface area (Å²) in [5.74, 6) is 0. The molecule has 0 unspecified atom stereocenters. The zero-order chi connectivity index (χ0) is 17.6. The maximum absolute atomic E-state index is 6.03. The molecule has 23 heavy (non-hydrogen) atoms. The molecule has 0 aromatic heterocycles. The highest BCUT2D eigenvalue weighted by atomic mass is 35.6. The number of hydrogen-bond donors (Lipinski definition) is 0. The molecule has 1 radical (unpaired) electrons. The highest BCUT2D eigenvalue weighted by Crippen LogP contribution is 2.48. The van der Waals surface area contributed by atoms with Gasteiger partial charge in [0.25, 0.3) is 0 Å². The number of alkyl halides is 5. The molecule has 0 nitrogen and oxygen atoms in total. The molecule has 0 heterocycles. The lowest BCUT2D eigenvalue weighted by molar-refractivity contribution is 0.528. The van der Waals surface area contributed by atoms with Gasteiger partial charge in [-0.1, -0.05) is 155 Å². The summed E-state index contributed by atoms with van der Waals surface area (Å²) in [5.41, 5.74) is 0. The summed E-state index contributed by atoms with van der Waals surface area (Å²) >= 11 is 29.3. The molecule has 0 fully saturated rings. The van der Waals surface area contributed by atoms with E-state index >= 15 is 0 Å². The van der Waals surface area contributed by atoms with E-state index in [4.69, 9.17) is 58.0 Å².